The number of carbonyl (C=O) groups is 1. The van der Waals surface area contributed by atoms with Crippen molar-refractivity contribution in [1.82, 2.24) is 0 Å². The molecule has 0 aromatic rings. The van der Waals surface area contributed by atoms with Gasteiger partial charge in [-0.05, 0) is 69.1 Å². The van der Waals surface area contributed by atoms with Crippen molar-refractivity contribution >= 4 is 5.97 Å². The van der Waals surface area contributed by atoms with E-state index in [1.54, 1.807) is 0 Å². The zero-order valence-electron chi connectivity index (χ0n) is 15.1. The van der Waals surface area contributed by atoms with Crippen molar-refractivity contribution in [3.05, 3.63) is 22.8 Å². The van der Waals surface area contributed by atoms with E-state index in [-0.39, 0.29) is 17.4 Å². The van der Waals surface area contributed by atoms with Gasteiger partial charge in [0, 0.05) is 12.7 Å². The lowest BCUT2D eigenvalue weighted by Gasteiger charge is -2.56. The molecule has 0 heterocycles. The minimum Gasteiger partial charge on any atom is -0.478 e. The van der Waals surface area contributed by atoms with Crippen LogP contribution < -0.4 is 0 Å². The molecule has 0 radical (unpaired) electrons. The van der Waals surface area contributed by atoms with Crippen LogP contribution in [0.4, 0.5) is 0 Å². The van der Waals surface area contributed by atoms with E-state index in [0.717, 1.165) is 31.3 Å². The summed E-state index contributed by atoms with van der Waals surface area (Å²) in [5.74, 6) is -0.317. The molecular weight excluding hydrogens is 288 g/mol. The Bertz CT molecular complexity index is 531. The van der Waals surface area contributed by atoms with Gasteiger partial charge >= 0.3 is 5.97 Å². The first-order valence-electron chi connectivity index (χ1n) is 8.93. The molecule has 1 saturated carbocycles. The Hall–Kier alpha value is -1.09. The van der Waals surface area contributed by atoms with Gasteiger partial charge in [-0.3, -0.25) is 0 Å². The molecule has 2 aliphatic carbocycles. The Morgan fingerprint density at radius 3 is 2.65 bits per heavy atom. The molecule has 0 saturated heterocycles. The third-order valence-electron chi connectivity index (χ3n) is 6.57. The van der Waals surface area contributed by atoms with Crippen LogP contribution in [0, 0.1) is 16.7 Å². The number of carboxylic acids is 1. The van der Waals surface area contributed by atoms with Crippen LogP contribution >= 0.6 is 0 Å². The van der Waals surface area contributed by atoms with Gasteiger partial charge < -0.3 is 10.2 Å². The zero-order valence-corrected chi connectivity index (χ0v) is 15.1. The van der Waals surface area contributed by atoms with Gasteiger partial charge in [-0.25, -0.2) is 4.79 Å². The maximum Gasteiger partial charge on any atom is 0.328 e. The van der Waals surface area contributed by atoms with Gasteiger partial charge in [0.15, 0.2) is 0 Å². The van der Waals surface area contributed by atoms with E-state index in [2.05, 4.69) is 20.8 Å². The number of aliphatic hydroxyl groups excluding tert-OH is 1. The summed E-state index contributed by atoms with van der Waals surface area (Å²) in [6.07, 6.45) is 8.88. The van der Waals surface area contributed by atoms with Crippen molar-refractivity contribution < 1.29 is 15.0 Å². The fraction of sp³-hybridized carbons (Fsp3) is 0.750. The largest absolute Gasteiger partial charge is 0.478 e. The third-order valence-corrected chi connectivity index (χ3v) is 6.57. The van der Waals surface area contributed by atoms with E-state index in [1.807, 2.05) is 6.92 Å². The Morgan fingerprint density at radius 1 is 1.35 bits per heavy atom. The highest BCUT2D eigenvalue weighted by molar-refractivity contribution is 5.80. The quantitative estimate of drug-likeness (QED) is 0.569. The predicted molar refractivity (Wildman–Crippen MR) is 93.2 cm³/mol. The topological polar surface area (TPSA) is 57.5 Å². The van der Waals surface area contributed by atoms with Crippen LogP contribution in [-0.2, 0) is 4.79 Å². The monoisotopic (exact) mass is 320 g/mol. The second-order valence-electron chi connectivity index (χ2n) is 8.26. The average molecular weight is 320 g/mol. The summed E-state index contributed by atoms with van der Waals surface area (Å²) in [5, 5.41) is 18.9. The SMILES string of the molecule is CC1=C(CC/C(C)=C/C(=O)O)[C@@]2(C)CCC[C@](C)(CO)[C@@H]2CC1. The molecular formula is C20H32O3. The zero-order chi connectivity index (χ0) is 17.3. The maximum absolute atomic E-state index is 10.8. The summed E-state index contributed by atoms with van der Waals surface area (Å²) >= 11 is 0. The van der Waals surface area contributed by atoms with Crippen molar-refractivity contribution in [3.63, 3.8) is 0 Å². The van der Waals surface area contributed by atoms with Crippen molar-refractivity contribution in [2.45, 2.75) is 72.6 Å². The Morgan fingerprint density at radius 2 is 2.04 bits per heavy atom. The number of allylic oxidation sites excluding steroid dienone is 3. The average Bonchev–Trinajstić information content (AvgIpc) is 2.45. The molecule has 0 unspecified atom stereocenters. The van der Waals surface area contributed by atoms with E-state index >= 15 is 0 Å². The molecule has 0 aliphatic heterocycles. The van der Waals surface area contributed by atoms with E-state index in [1.165, 1.54) is 36.5 Å². The van der Waals surface area contributed by atoms with Crippen LogP contribution in [0.25, 0.3) is 0 Å². The van der Waals surface area contributed by atoms with Gasteiger partial charge in [-0.15, -0.1) is 0 Å². The van der Waals surface area contributed by atoms with Gasteiger partial charge in [-0.1, -0.05) is 37.0 Å². The molecule has 2 aliphatic rings. The molecule has 3 nitrogen and oxygen atoms in total. The third kappa shape index (κ3) is 3.55. The molecule has 0 bridgehead atoms. The smallest absolute Gasteiger partial charge is 0.328 e. The molecule has 3 atom stereocenters. The molecule has 3 heteroatoms. The lowest BCUT2D eigenvalue weighted by atomic mass is 9.49. The van der Waals surface area contributed by atoms with Gasteiger partial charge in [0.25, 0.3) is 0 Å². The first-order chi connectivity index (χ1) is 10.7. The number of fused-ring (bicyclic) bond motifs is 1. The minimum absolute atomic E-state index is 0.0326. The van der Waals surface area contributed by atoms with E-state index in [0.29, 0.717) is 5.92 Å². The molecule has 2 rings (SSSR count). The molecule has 0 aromatic heterocycles. The molecule has 1 fully saturated rings. The minimum atomic E-state index is -0.855. The van der Waals surface area contributed by atoms with Crippen LogP contribution in [0.5, 0.6) is 0 Å². The Kier molecular flexibility index (Phi) is 5.40. The Balaban J connectivity index is 2.25. The number of rotatable bonds is 5. The number of aliphatic carboxylic acids is 1. The molecule has 0 spiro atoms. The number of hydrogen-bond donors (Lipinski definition) is 2. The van der Waals surface area contributed by atoms with Crippen LogP contribution in [0.15, 0.2) is 22.8 Å². The molecule has 2 N–H and O–H groups in total. The van der Waals surface area contributed by atoms with Crippen molar-refractivity contribution in [1.29, 1.82) is 0 Å². The Labute approximate surface area is 140 Å². The lowest BCUT2D eigenvalue weighted by Crippen LogP contribution is -2.48. The van der Waals surface area contributed by atoms with Crippen molar-refractivity contribution in [2.75, 3.05) is 6.61 Å². The molecule has 0 aromatic carbocycles. The summed E-state index contributed by atoms with van der Waals surface area (Å²) in [6, 6.07) is 0. The number of aliphatic hydroxyl groups is 1. The first-order valence-corrected chi connectivity index (χ1v) is 8.93. The summed E-state index contributed by atoms with van der Waals surface area (Å²) in [7, 11) is 0. The van der Waals surface area contributed by atoms with Gasteiger partial charge in [0.1, 0.15) is 0 Å². The predicted octanol–water partition coefficient (Wildman–Crippen LogP) is 4.71. The first kappa shape index (κ1) is 18.3. The standard InChI is InChI=1S/C20H32O3/c1-14(12-18(22)23)6-8-16-15(2)7-9-17-19(3,13-21)10-5-11-20(16,17)4/h12,17,21H,5-11,13H2,1-4H3,(H,22,23)/b14-12+/t17-,19+,20+/m0/s1. The highest BCUT2D eigenvalue weighted by Crippen LogP contribution is 2.60. The highest BCUT2D eigenvalue weighted by atomic mass is 16.4. The van der Waals surface area contributed by atoms with Crippen LogP contribution in [-0.4, -0.2) is 22.8 Å². The van der Waals surface area contributed by atoms with E-state index in [9.17, 15) is 9.90 Å². The van der Waals surface area contributed by atoms with E-state index in [4.69, 9.17) is 5.11 Å². The van der Waals surface area contributed by atoms with Gasteiger partial charge in [0.05, 0.1) is 0 Å². The van der Waals surface area contributed by atoms with Crippen molar-refractivity contribution in [3.8, 4) is 0 Å². The summed E-state index contributed by atoms with van der Waals surface area (Å²) in [5.41, 5.74) is 4.16. The van der Waals surface area contributed by atoms with E-state index < -0.39 is 5.97 Å². The highest BCUT2D eigenvalue weighted by Gasteiger charge is 2.51. The summed E-state index contributed by atoms with van der Waals surface area (Å²) in [4.78, 5) is 10.8. The summed E-state index contributed by atoms with van der Waals surface area (Å²) < 4.78 is 0. The summed E-state index contributed by atoms with van der Waals surface area (Å²) in [6.45, 7) is 9.07. The molecule has 130 valence electrons. The molecule has 0 amide bonds. The van der Waals surface area contributed by atoms with Gasteiger partial charge in [0.2, 0.25) is 0 Å². The fourth-order valence-electron chi connectivity index (χ4n) is 5.30. The maximum atomic E-state index is 10.8. The second kappa shape index (κ2) is 6.80. The van der Waals surface area contributed by atoms with Crippen LogP contribution in [0.1, 0.15) is 72.6 Å². The van der Waals surface area contributed by atoms with Crippen LogP contribution in [0.2, 0.25) is 0 Å². The fourth-order valence-corrected chi connectivity index (χ4v) is 5.30. The molecule has 23 heavy (non-hydrogen) atoms. The van der Waals surface area contributed by atoms with Gasteiger partial charge in [-0.2, -0.15) is 0 Å². The van der Waals surface area contributed by atoms with Crippen molar-refractivity contribution in [2.24, 2.45) is 16.7 Å². The number of carboxylic acid groups (broad SMARTS) is 1. The normalized spacial score (nSPS) is 35.2. The lowest BCUT2D eigenvalue weighted by molar-refractivity contribution is -0.131. The number of hydrogen-bond acceptors (Lipinski definition) is 2. The van der Waals surface area contributed by atoms with Crippen LogP contribution in [0.3, 0.4) is 0 Å². The second-order valence-corrected chi connectivity index (χ2v) is 8.26.